The summed E-state index contributed by atoms with van der Waals surface area (Å²) in [4.78, 5) is 30.3. The van der Waals surface area contributed by atoms with Crippen LogP contribution in [0.15, 0.2) is 48.8 Å². The topological polar surface area (TPSA) is 98.0 Å². The molecule has 0 aliphatic rings. The Bertz CT molecular complexity index is 576. The molecule has 6 heteroatoms. The first kappa shape index (κ1) is 20.4. The van der Waals surface area contributed by atoms with Gasteiger partial charge in [0.15, 0.2) is 0 Å². The van der Waals surface area contributed by atoms with Crippen LogP contribution in [-0.2, 0) is 4.79 Å². The molecule has 0 aromatic carbocycles. The molecule has 0 bridgehead atoms. The average molecular weight is 342 g/mol. The molecule has 0 atom stereocenters. The van der Waals surface area contributed by atoms with Crippen LogP contribution in [0.5, 0.6) is 0 Å². The molecule has 134 valence electrons. The zero-order valence-electron chi connectivity index (χ0n) is 14.6. The summed E-state index contributed by atoms with van der Waals surface area (Å²) in [5.41, 5.74) is 2.96. The summed E-state index contributed by atoms with van der Waals surface area (Å²) >= 11 is 0. The summed E-state index contributed by atoms with van der Waals surface area (Å²) in [6, 6.07) is 10.5. The summed E-state index contributed by atoms with van der Waals surface area (Å²) in [6.07, 6.45) is 9.60. The van der Waals surface area contributed by atoms with Crippen molar-refractivity contribution in [1.82, 2.24) is 15.4 Å². The minimum absolute atomic E-state index is 0.0542. The molecule has 2 rings (SSSR count). The van der Waals surface area contributed by atoms with Crippen molar-refractivity contribution in [2.45, 2.75) is 45.4 Å². The molecule has 0 radical (unpaired) electrons. The minimum Gasteiger partial charge on any atom is -0.294 e. The first-order valence-electron chi connectivity index (χ1n) is 8.55. The highest BCUT2D eigenvalue weighted by Crippen LogP contribution is 2.04. The Morgan fingerprint density at radius 1 is 0.920 bits per heavy atom. The Hall–Kier alpha value is -2.60. The largest absolute Gasteiger partial charge is 0.294 e. The molecular weight excluding hydrogens is 316 g/mol. The molecule has 6 nitrogen and oxygen atoms in total. The summed E-state index contributed by atoms with van der Waals surface area (Å²) in [5.74, 6) is 4.71. The number of unbranched alkanes of at least 4 members (excludes halogenated alkanes) is 4. The van der Waals surface area contributed by atoms with Gasteiger partial charge in [0, 0.05) is 18.8 Å². The third-order valence-electron chi connectivity index (χ3n) is 3.46. The Balaban J connectivity index is 0.000000260. The second-order valence-corrected chi connectivity index (χ2v) is 5.49. The number of amides is 1. The SMILES string of the molecule is CCCCCCCC(=O)NN.O=C(c1ccccn1)c1ccccn1. The monoisotopic (exact) mass is 342 g/mol. The molecule has 3 N–H and O–H groups in total. The van der Waals surface area contributed by atoms with Gasteiger partial charge in [0.2, 0.25) is 11.7 Å². The molecule has 2 aromatic heterocycles. The Morgan fingerprint density at radius 3 is 1.92 bits per heavy atom. The molecule has 0 aliphatic heterocycles. The zero-order valence-corrected chi connectivity index (χ0v) is 14.6. The van der Waals surface area contributed by atoms with E-state index in [4.69, 9.17) is 5.84 Å². The van der Waals surface area contributed by atoms with Gasteiger partial charge in [0.25, 0.3) is 0 Å². The van der Waals surface area contributed by atoms with E-state index < -0.39 is 0 Å². The average Bonchev–Trinajstić information content (AvgIpc) is 2.69. The molecule has 0 unspecified atom stereocenters. The van der Waals surface area contributed by atoms with Crippen LogP contribution in [0.4, 0.5) is 0 Å². The van der Waals surface area contributed by atoms with Crippen LogP contribution < -0.4 is 11.3 Å². The number of pyridine rings is 2. The highest BCUT2D eigenvalue weighted by Gasteiger charge is 2.09. The van der Waals surface area contributed by atoms with Crippen molar-refractivity contribution < 1.29 is 9.59 Å². The smallest absolute Gasteiger partial charge is 0.233 e. The lowest BCUT2D eigenvalue weighted by atomic mass is 10.1. The lowest BCUT2D eigenvalue weighted by Crippen LogP contribution is -2.29. The van der Waals surface area contributed by atoms with Crippen molar-refractivity contribution in [3.8, 4) is 0 Å². The highest BCUT2D eigenvalue weighted by molar-refractivity contribution is 6.06. The number of hydrazine groups is 1. The zero-order chi connectivity index (χ0) is 18.3. The molecule has 0 saturated carbocycles. The van der Waals surface area contributed by atoms with Gasteiger partial charge in [-0.25, -0.2) is 5.84 Å². The fraction of sp³-hybridized carbons (Fsp3) is 0.368. The van der Waals surface area contributed by atoms with Gasteiger partial charge in [0.05, 0.1) is 0 Å². The van der Waals surface area contributed by atoms with E-state index in [1.807, 2.05) is 0 Å². The van der Waals surface area contributed by atoms with Gasteiger partial charge in [-0.1, -0.05) is 44.7 Å². The van der Waals surface area contributed by atoms with E-state index in [9.17, 15) is 9.59 Å². The van der Waals surface area contributed by atoms with E-state index in [0.717, 1.165) is 12.8 Å². The normalized spacial score (nSPS) is 9.68. The van der Waals surface area contributed by atoms with Crippen molar-refractivity contribution in [3.63, 3.8) is 0 Å². The number of carbonyl (C=O) groups excluding carboxylic acids is 2. The summed E-state index contributed by atoms with van der Waals surface area (Å²) < 4.78 is 0. The predicted octanol–water partition coefficient (Wildman–Crippen LogP) is 3.04. The quantitative estimate of drug-likeness (QED) is 0.253. The fourth-order valence-corrected chi connectivity index (χ4v) is 2.09. The molecule has 0 spiro atoms. The number of nitrogens with two attached hydrogens (primary N) is 1. The number of rotatable bonds is 8. The molecule has 1 amide bonds. The van der Waals surface area contributed by atoms with Gasteiger partial charge in [-0.3, -0.25) is 25.0 Å². The Kier molecular flexibility index (Phi) is 10.4. The van der Waals surface area contributed by atoms with Gasteiger partial charge in [0.1, 0.15) is 11.4 Å². The molecular formula is C19H26N4O2. The van der Waals surface area contributed by atoms with Crippen molar-refractivity contribution >= 4 is 11.7 Å². The number of hydrogen-bond acceptors (Lipinski definition) is 5. The number of nitrogens with zero attached hydrogens (tertiary/aromatic N) is 2. The standard InChI is InChI=1S/C11H8N2O.C8H18N2O/c14-11(9-5-1-3-7-12-9)10-6-2-4-8-13-10;1-2-3-4-5-6-7-8(11)10-9/h1-8H;2-7,9H2,1H3,(H,10,11). The molecule has 2 aromatic rings. The lowest BCUT2D eigenvalue weighted by molar-refractivity contribution is -0.121. The van der Waals surface area contributed by atoms with Gasteiger partial charge in [-0.15, -0.1) is 0 Å². The van der Waals surface area contributed by atoms with E-state index in [-0.39, 0.29) is 11.7 Å². The van der Waals surface area contributed by atoms with Gasteiger partial charge in [-0.2, -0.15) is 0 Å². The van der Waals surface area contributed by atoms with Gasteiger partial charge < -0.3 is 0 Å². The molecule has 2 heterocycles. The van der Waals surface area contributed by atoms with Crippen molar-refractivity contribution in [2.24, 2.45) is 5.84 Å². The van der Waals surface area contributed by atoms with Crippen LogP contribution in [0.3, 0.4) is 0 Å². The summed E-state index contributed by atoms with van der Waals surface area (Å²) in [5, 5.41) is 0. The van der Waals surface area contributed by atoms with Crippen LogP contribution in [0, 0.1) is 0 Å². The van der Waals surface area contributed by atoms with Crippen molar-refractivity contribution in [2.75, 3.05) is 0 Å². The summed E-state index contributed by atoms with van der Waals surface area (Å²) in [6.45, 7) is 2.17. The van der Waals surface area contributed by atoms with E-state index in [1.54, 1.807) is 48.8 Å². The maximum atomic E-state index is 11.7. The first-order valence-corrected chi connectivity index (χ1v) is 8.55. The van der Waals surface area contributed by atoms with Crippen LogP contribution >= 0.6 is 0 Å². The van der Waals surface area contributed by atoms with Crippen molar-refractivity contribution in [1.29, 1.82) is 0 Å². The van der Waals surface area contributed by atoms with E-state index in [0.29, 0.717) is 17.8 Å². The molecule has 0 aliphatic carbocycles. The van der Waals surface area contributed by atoms with E-state index in [1.165, 1.54) is 19.3 Å². The van der Waals surface area contributed by atoms with Crippen molar-refractivity contribution in [3.05, 3.63) is 60.2 Å². The second-order valence-electron chi connectivity index (χ2n) is 5.49. The highest BCUT2D eigenvalue weighted by atomic mass is 16.2. The summed E-state index contributed by atoms with van der Waals surface area (Å²) in [7, 11) is 0. The minimum atomic E-state index is -0.147. The first-order chi connectivity index (χ1) is 12.2. The predicted molar refractivity (Wildman–Crippen MR) is 97.6 cm³/mol. The van der Waals surface area contributed by atoms with Crippen LogP contribution in [0.1, 0.15) is 61.6 Å². The molecule has 25 heavy (non-hydrogen) atoms. The number of aromatic nitrogens is 2. The Morgan fingerprint density at radius 2 is 1.48 bits per heavy atom. The lowest BCUT2D eigenvalue weighted by Gasteiger charge is -1.98. The fourth-order valence-electron chi connectivity index (χ4n) is 2.09. The maximum Gasteiger partial charge on any atom is 0.233 e. The van der Waals surface area contributed by atoms with E-state index in [2.05, 4.69) is 22.3 Å². The maximum absolute atomic E-state index is 11.7. The number of nitrogens with one attached hydrogen (secondary N) is 1. The molecule has 0 saturated heterocycles. The van der Waals surface area contributed by atoms with Crippen LogP contribution in [0.2, 0.25) is 0 Å². The van der Waals surface area contributed by atoms with Gasteiger partial charge in [-0.05, 0) is 30.7 Å². The second kappa shape index (κ2) is 12.8. The van der Waals surface area contributed by atoms with Gasteiger partial charge >= 0.3 is 0 Å². The molecule has 0 fully saturated rings. The third kappa shape index (κ3) is 8.72. The number of hydrogen-bond donors (Lipinski definition) is 2. The van der Waals surface area contributed by atoms with Crippen LogP contribution in [-0.4, -0.2) is 21.7 Å². The number of ketones is 1. The Labute approximate surface area is 148 Å². The number of carbonyl (C=O) groups is 2. The van der Waals surface area contributed by atoms with Crippen LogP contribution in [0.25, 0.3) is 0 Å². The third-order valence-corrected chi connectivity index (χ3v) is 3.46. The van der Waals surface area contributed by atoms with E-state index >= 15 is 0 Å².